The number of ether oxygens (including phenoxy) is 1. The van der Waals surface area contributed by atoms with E-state index in [2.05, 4.69) is 4.98 Å². The lowest BCUT2D eigenvalue weighted by Crippen LogP contribution is -2.05. The first-order valence-corrected chi connectivity index (χ1v) is 6.96. The van der Waals surface area contributed by atoms with Gasteiger partial charge in [-0.15, -0.1) is 0 Å². The highest BCUT2D eigenvalue weighted by atomic mass is 16.5. The van der Waals surface area contributed by atoms with Crippen molar-refractivity contribution in [3.63, 3.8) is 0 Å². The summed E-state index contributed by atoms with van der Waals surface area (Å²) >= 11 is 0. The molecule has 0 spiro atoms. The smallest absolute Gasteiger partial charge is 0.336 e. The fraction of sp³-hybridized carbons (Fsp3) is 0.176. The Morgan fingerprint density at radius 3 is 2.77 bits per heavy atom. The molecule has 1 aromatic carbocycles. The van der Waals surface area contributed by atoms with Crippen LogP contribution in [-0.2, 0) is 6.61 Å². The van der Waals surface area contributed by atoms with Gasteiger partial charge in [-0.1, -0.05) is 18.2 Å². The van der Waals surface area contributed by atoms with E-state index < -0.39 is 5.97 Å². The molecule has 22 heavy (non-hydrogen) atoms. The summed E-state index contributed by atoms with van der Waals surface area (Å²) in [5.74, 6) is -0.316. The second kappa shape index (κ2) is 5.52. The quantitative estimate of drug-likeness (QED) is 0.803. The van der Waals surface area contributed by atoms with Crippen LogP contribution < -0.4 is 4.74 Å². The molecule has 3 aromatic rings. The maximum Gasteiger partial charge on any atom is 0.336 e. The first kappa shape index (κ1) is 14.1. The minimum atomic E-state index is -0.954. The second-order valence-corrected chi connectivity index (χ2v) is 5.10. The van der Waals surface area contributed by atoms with Crippen LogP contribution in [0.2, 0.25) is 0 Å². The molecule has 2 aromatic heterocycles. The summed E-state index contributed by atoms with van der Waals surface area (Å²) in [5, 5.41) is 9.20. The van der Waals surface area contributed by atoms with Crippen LogP contribution >= 0.6 is 0 Å². The molecule has 0 amide bonds. The molecule has 0 aliphatic heterocycles. The molecule has 2 heterocycles. The maximum absolute atomic E-state index is 11.2. The van der Waals surface area contributed by atoms with Gasteiger partial charge in [0.1, 0.15) is 6.61 Å². The number of carboxylic acid groups (broad SMARTS) is 1. The van der Waals surface area contributed by atoms with Gasteiger partial charge in [-0.3, -0.25) is 0 Å². The number of hydrogen-bond acceptors (Lipinski definition) is 3. The van der Waals surface area contributed by atoms with E-state index >= 15 is 0 Å². The van der Waals surface area contributed by atoms with E-state index in [4.69, 9.17) is 4.74 Å². The van der Waals surface area contributed by atoms with Crippen LogP contribution in [0, 0.1) is 13.8 Å². The summed E-state index contributed by atoms with van der Waals surface area (Å²) in [7, 11) is 0. The molecule has 1 N–H and O–H groups in total. The SMILES string of the molecule is Cc1nc2c(OCc3ccccc3C(=O)O)cccn2c1C. The van der Waals surface area contributed by atoms with Gasteiger partial charge < -0.3 is 14.2 Å². The number of imidazole rings is 1. The van der Waals surface area contributed by atoms with Crippen LogP contribution in [0.5, 0.6) is 5.75 Å². The number of hydrogen-bond donors (Lipinski definition) is 1. The molecule has 5 heteroatoms. The number of nitrogens with zero attached hydrogens (tertiary/aromatic N) is 2. The molecule has 3 rings (SSSR count). The molecular formula is C17H16N2O3. The summed E-state index contributed by atoms with van der Waals surface area (Å²) in [6, 6.07) is 10.6. The normalized spacial score (nSPS) is 10.8. The molecule has 5 nitrogen and oxygen atoms in total. The second-order valence-electron chi connectivity index (χ2n) is 5.10. The summed E-state index contributed by atoms with van der Waals surface area (Å²) < 4.78 is 7.78. The number of benzene rings is 1. The standard InChI is InChI=1S/C17H16N2O3/c1-11-12(2)19-9-5-8-15(16(19)18-11)22-10-13-6-3-4-7-14(13)17(20)21/h3-9H,10H2,1-2H3,(H,20,21). The lowest BCUT2D eigenvalue weighted by Gasteiger charge is -2.09. The molecule has 0 atom stereocenters. The van der Waals surface area contributed by atoms with Crippen molar-refractivity contribution in [1.29, 1.82) is 0 Å². The van der Waals surface area contributed by atoms with E-state index in [0.717, 1.165) is 17.0 Å². The van der Waals surface area contributed by atoms with Crippen molar-refractivity contribution >= 4 is 11.6 Å². The predicted molar refractivity (Wildman–Crippen MR) is 82.4 cm³/mol. The summed E-state index contributed by atoms with van der Waals surface area (Å²) in [4.78, 5) is 15.7. The summed E-state index contributed by atoms with van der Waals surface area (Å²) in [5.41, 5.74) is 3.64. The van der Waals surface area contributed by atoms with Gasteiger partial charge in [0.2, 0.25) is 0 Å². The van der Waals surface area contributed by atoms with Crippen LogP contribution in [0.4, 0.5) is 0 Å². The number of rotatable bonds is 4. The Kier molecular flexibility index (Phi) is 3.55. The summed E-state index contributed by atoms with van der Waals surface area (Å²) in [6.07, 6.45) is 1.93. The number of aromatic nitrogens is 2. The van der Waals surface area contributed by atoms with Gasteiger partial charge in [0.25, 0.3) is 0 Å². The number of fused-ring (bicyclic) bond motifs is 1. The molecule has 0 saturated heterocycles. The molecule has 0 aliphatic carbocycles. The molecule has 0 saturated carbocycles. The lowest BCUT2D eigenvalue weighted by atomic mass is 10.1. The fourth-order valence-electron chi connectivity index (χ4n) is 2.40. The Bertz CT molecular complexity index is 852. The Hall–Kier alpha value is -2.82. The third-order valence-electron chi connectivity index (χ3n) is 3.72. The first-order valence-electron chi connectivity index (χ1n) is 6.96. The van der Waals surface area contributed by atoms with Crippen LogP contribution in [0.3, 0.4) is 0 Å². The highest BCUT2D eigenvalue weighted by molar-refractivity contribution is 5.89. The Morgan fingerprint density at radius 2 is 2.00 bits per heavy atom. The van der Waals surface area contributed by atoms with Crippen molar-refractivity contribution in [2.24, 2.45) is 0 Å². The first-order chi connectivity index (χ1) is 10.6. The molecule has 0 fully saturated rings. The minimum Gasteiger partial charge on any atom is -0.485 e. The predicted octanol–water partition coefficient (Wildman–Crippen LogP) is 3.23. The highest BCUT2D eigenvalue weighted by Gasteiger charge is 2.12. The molecule has 0 aliphatic rings. The molecule has 0 bridgehead atoms. The topological polar surface area (TPSA) is 63.8 Å². The zero-order valence-electron chi connectivity index (χ0n) is 12.4. The number of aryl methyl sites for hydroxylation is 2. The van der Waals surface area contributed by atoms with E-state index in [0.29, 0.717) is 11.3 Å². The van der Waals surface area contributed by atoms with Crippen LogP contribution in [-0.4, -0.2) is 20.5 Å². The Balaban J connectivity index is 1.92. The zero-order chi connectivity index (χ0) is 15.7. The van der Waals surface area contributed by atoms with E-state index in [1.165, 1.54) is 0 Å². The minimum absolute atomic E-state index is 0.188. The number of carbonyl (C=O) groups is 1. The monoisotopic (exact) mass is 296 g/mol. The third-order valence-corrected chi connectivity index (χ3v) is 3.72. The van der Waals surface area contributed by atoms with Crippen LogP contribution in [0.25, 0.3) is 5.65 Å². The number of aromatic carboxylic acids is 1. The van der Waals surface area contributed by atoms with E-state index in [1.807, 2.05) is 36.6 Å². The fourth-order valence-corrected chi connectivity index (χ4v) is 2.40. The lowest BCUT2D eigenvalue weighted by molar-refractivity contribution is 0.0694. The van der Waals surface area contributed by atoms with Crippen molar-refractivity contribution in [3.05, 3.63) is 65.1 Å². The highest BCUT2D eigenvalue weighted by Crippen LogP contribution is 2.23. The van der Waals surface area contributed by atoms with Crippen molar-refractivity contribution in [3.8, 4) is 5.75 Å². The van der Waals surface area contributed by atoms with Gasteiger partial charge in [0.05, 0.1) is 11.3 Å². The van der Waals surface area contributed by atoms with Gasteiger partial charge in [-0.05, 0) is 32.0 Å². The van der Waals surface area contributed by atoms with Crippen LogP contribution in [0.15, 0.2) is 42.6 Å². The average molecular weight is 296 g/mol. The Labute approximate surface area is 127 Å². The molecule has 0 radical (unpaired) electrons. The van der Waals surface area contributed by atoms with Crippen molar-refractivity contribution in [1.82, 2.24) is 9.38 Å². The molecule has 112 valence electrons. The molecular weight excluding hydrogens is 280 g/mol. The van der Waals surface area contributed by atoms with Gasteiger partial charge >= 0.3 is 5.97 Å². The number of carboxylic acids is 1. The van der Waals surface area contributed by atoms with Gasteiger partial charge in [-0.25, -0.2) is 9.78 Å². The third kappa shape index (κ3) is 2.41. The van der Waals surface area contributed by atoms with Gasteiger partial charge in [-0.2, -0.15) is 0 Å². The van der Waals surface area contributed by atoms with Crippen molar-refractivity contribution in [2.45, 2.75) is 20.5 Å². The van der Waals surface area contributed by atoms with E-state index in [1.54, 1.807) is 24.3 Å². The van der Waals surface area contributed by atoms with E-state index in [-0.39, 0.29) is 12.2 Å². The van der Waals surface area contributed by atoms with Crippen molar-refractivity contribution in [2.75, 3.05) is 0 Å². The largest absolute Gasteiger partial charge is 0.485 e. The Morgan fingerprint density at radius 1 is 1.23 bits per heavy atom. The van der Waals surface area contributed by atoms with E-state index in [9.17, 15) is 9.90 Å². The summed E-state index contributed by atoms with van der Waals surface area (Å²) in [6.45, 7) is 4.14. The zero-order valence-corrected chi connectivity index (χ0v) is 12.4. The van der Waals surface area contributed by atoms with Gasteiger partial charge in [0.15, 0.2) is 11.4 Å². The van der Waals surface area contributed by atoms with Gasteiger partial charge in [0, 0.05) is 17.5 Å². The van der Waals surface area contributed by atoms with Crippen LogP contribution in [0.1, 0.15) is 27.3 Å². The maximum atomic E-state index is 11.2. The number of pyridine rings is 1. The molecule has 0 unspecified atom stereocenters. The van der Waals surface area contributed by atoms with Crippen molar-refractivity contribution < 1.29 is 14.6 Å². The average Bonchev–Trinajstić information content (AvgIpc) is 2.81.